The molecule has 0 bridgehead atoms. The molecule has 0 aliphatic rings. The van der Waals surface area contributed by atoms with Crippen LogP contribution >= 0.6 is 0 Å². The Balaban J connectivity index is 1.25. The Kier molecular flexibility index (Phi) is 5.78. The molecule has 0 radical (unpaired) electrons. The Hall–Kier alpha value is -6.13. The zero-order valence-electron chi connectivity index (χ0n) is 24.2. The minimum atomic E-state index is 0.633. The molecule has 2 heterocycles. The van der Waals surface area contributed by atoms with Crippen LogP contribution in [-0.4, -0.2) is 15.0 Å². The van der Waals surface area contributed by atoms with Gasteiger partial charge in [0, 0.05) is 32.8 Å². The number of fused-ring (bicyclic) bond motifs is 7. The van der Waals surface area contributed by atoms with Crippen LogP contribution in [0.3, 0.4) is 0 Å². The molecule has 0 fully saturated rings. The highest BCUT2D eigenvalue weighted by Crippen LogP contribution is 2.39. The van der Waals surface area contributed by atoms with Gasteiger partial charge in [-0.05, 0) is 45.5 Å². The first-order valence-corrected chi connectivity index (χ1v) is 15.0. The van der Waals surface area contributed by atoms with Crippen molar-refractivity contribution >= 4 is 43.5 Å². The molecule has 0 saturated heterocycles. The summed E-state index contributed by atoms with van der Waals surface area (Å²) in [5.74, 6) is 1.91. The van der Waals surface area contributed by atoms with Gasteiger partial charge < -0.3 is 4.42 Å². The van der Waals surface area contributed by atoms with Crippen molar-refractivity contribution in [1.29, 1.82) is 0 Å². The minimum Gasteiger partial charge on any atom is -0.456 e. The van der Waals surface area contributed by atoms with Gasteiger partial charge in [-0.1, -0.05) is 133 Å². The maximum atomic E-state index is 6.26. The van der Waals surface area contributed by atoms with Crippen molar-refractivity contribution in [1.82, 2.24) is 15.0 Å². The van der Waals surface area contributed by atoms with Gasteiger partial charge in [-0.3, -0.25) is 0 Å². The molecule has 0 unspecified atom stereocenters. The highest BCUT2D eigenvalue weighted by molar-refractivity contribution is 6.26. The van der Waals surface area contributed by atoms with E-state index in [0.717, 1.165) is 55.0 Å². The van der Waals surface area contributed by atoms with Crippen LogP contribution in [0.15, 0.2) is 156 Å². The molecule has 0 saturated carbocycles. The Labute approximate surface area is 259 Å². The number of hydrogen-bond acceptors (Lipinski definition) is 4. The Bertz CT molecular complexity index is 2520. The predicted octanol–water partition coefficient (Wildman–Crippen LogP) is 10.7. The third-order valence-electron chi connectivity index (χ3n) is 8.52. The van der Waals surface area contributed by atoms with E-state index in [0.29, 0.717) is 17.5 Å². The fraction of sp³-hybridized carbons (Fsp3) is 0. The molecule has 45 heavy (non-hydrogen) atoms. The molecule has 210 valence electrons. The second-order valence-electron chi connectivity index (χ2n) is 11.3. The van der Waals surface area contributed by atoms with E-state index in [4.69, 9.17) is 19.4 Å². The van der Waals surface area contributed by atoms with Crippen molar-refractivity contribution in [3.63, 3.8) is 0 Å². The number of hydrogen-bond donors (Lipinski definition) is 0. The van der Waals surface area contributed by atoms with Crippen LogP contribution in [0.25, 0.3) is 88.8 Å². The predicted molar refractivity (Wildman–Crippen MR) is 184 cm³/mol. The first-order valence-electron chi connectivity index (χ1n) is 15.0. The standard InChI is InChI=1S/C41H25N3O/c1-3-9-26(10-4-1)27-15-20-31(21-16-27)40-42-39(30-11-5-2-6-12-30)43-41(44-40)32-22-18-28-17-19-29-23-24-36-38(37(29)34(28)25-32)33-13-7-8-14-35(33)45-36/h1-25H. The summed E-state index contributed by atoms with van der Waals surface area (Å²) in [4.78, 5) is 15.0. The van der Waals surface area contributed by atoms with Gasteiger partial charge in [0.25, 0.3) is 0 Å². The van der Waals surface area contributed by atoms with Crippen LogP contribution in [0, 0.1) is 0 Å². The summed E-state index contributed by atoms with van der Waals surface area (Å²) in [5, 5.41) is 6.87. The van der Waals surface area contributed by atoms with Gasteiger partial charge in [0.05, 0.1) is 0 Å². The molecule has 0 spiro atoms. The lowest BCUT2D eigenvalue weighted by molar-refractivity contribution is 0.669. The molecule has 7 aromatic carbocycles. The molecule has 0 aliphatic heterocycles. The maximum Gasteiger partial charge on any atom is 0.164 e. The quantitative estimate of drug-likeness (QED) is 0.196. The monoisotopic (exact) mass is 575 g/mol. The Morgan fingerprint density at radius 1 is 0.333 bits per heavy atom. The van der Waals surface area contributed by atoms with Gasteiger partial charge in [0.2, 0.25) is 0 Å². The van der Waals surface area contributed by atoms with Crippen molar-refractivity contribution < 1.29 is 4.42 Å². The summed E-state index contributed by atoms with van der Waals surface area (Å²) in [5.41, 5.74) is 6.91. The molecule has 0 aliphatic carbocycles. The second kappa shape index (κ2) is 10.2. The molecule has 0 atom stereocenters. The van der Waals surface area contributed by atoms with E-state index in [-0.39, 0.29) is 0 Å². The average Bonchev–Trinajstić information content (AvgIpc) is 3.51. The summed E-state index contributed by atoms with van der Waals surface area (Å²) < 4.78 is 6.26. The normalized spacial score (nSPS) is 11.6. The second-order valence-corrected chi connectivity index (χ2v) is 11.3. The number of rotatable bonds is 4. The number of furan rings is 1. The van der Waals surface area contributed by atoms with E-state index in [1.165, 1.54) is 16.3 Å². The number of para-hydroxylation sites is 1. The lowest BCUT2D eigenvalue weighted by atomic mass is 9.96. The summed E-state index contributed by atoms with van der Waals surface area (Å²) in [6.45, 7) is 0. The van der Waals surface area contributed by atoms with E-state index in [9.17, 15) is 0 Å². The topological polar surface area (TPSA) is 51.8 Å². The van der Waals surface area contributed by atoms with Gasteiger partial charge >= 0.3 is 0 Å². The first-order chi connectivity index (χ1) is 22.3. The molecule has 0 N–H and O–H groups in total. The molecule has 9 rings (SSSR count). The zero-order chi connectivity index (χ0) is 29.7. The number of aromatic nitrogens is 3. The highest BCUT2D eigenvalue weighted by Gasteiger charge is 2.16. The van der Waals surface area contributed by atoms with E-state index in [1.807, 2.05) is 48.5 Å². The van der Waals surface area contributed by atoms with Gasteiger partial charge in [0.1, 0.15) is 11.2 Å². The van der Waals surface area contributed by atoms with Gasteiger partial charge in [0.15, 0.2) is 17.5 Å². The van der Waals surface area contributed by atoms with Crippen molar-refractivity contribution in [2.24, 2.45) is 0 Å². The lowest BCUT2D eigenvalue weighted by Gasteiger charge is -2.11. The summed E-state index contributed by atoms with van der Waals surface area (Å²) >= 11 is 0. The smallest absolute Gasteiger partial charge is 0.164 e. The largest absolute Gasteiger partial charge is 0.456 e. The summed E-state index contributed by atoms with van der Waals surface area (Å²) in [7, 11) is 0. The van der Waals surface area contributed by atoms with Crippen LogP contribution in [0.1, 0.15) is 0 Å². The summed E-state index contributed by atoms with van der Waals surface area (Å²) in [6.07, 6.45) is 0. The van der Waals surface area contributed by atoms with Crippen LogP contribution in [0.4, 0.5) is 0 Å². The molecule has 4 heteroatoms. The van der Waals surface area contributed by atoms with Gasteiger partial charge in [-0.25, -0.2) is 15.0 Å². The van der Waals surface area contributed by atoms with Crippen molar-refractivity contribution in [3.8, 4) is 45.3 Å². The molecular formula is C41H25N3O. The number of benzene rings is 7. The van der Waals surface area contributed by atoms with Crippen molar-refractivity contribution in [2.45, 2.75) is 0 Å². The summed E-state index contributed by atoms with van der Waals surface area (Å²) in [6, 6.07) is 52.2. The Morgan fingerprint density at radius 3 is 1.60 bits per heavy atom. The van der Waals surface area contributed by atoms with Gasteiger partial charge in [-0.15, -0.1) is 0 Å². The molecule has 9 aromatic rings. The third-order valence-corrected chi connectivity index (χ3v) is 8.52. The molecule has 4 nitrogen and oxygen atoms in total. The van der Waals surface area contributed by atoms with E-state index in [2.05, 4.69) is 103 Å². The van der Waals surface area contributed by atoms with Crippen LogP contribution < -0.4 is 0 Å². The first kappa shape index (κ1) is 25.4. The fourth-order valence-electron chi connectivity index (χ4n) is 6.29. The van der Waals surface area contributed by atoms with E-state index in [1.54, 1.807) is 0 Å². The average molecular weight is 576 g/mol. The van der Waals surface area contributed by atoms with Crippen LogP contribution in [-0.2, 0) is 0 Å². The fourth-order valence-corrected chi connectivity index (χ4v) is 6.29. The molecule has 2 aromatic heterocycles. The number of nitrogens with zero attached hydrogens (tertiary/aromatic N) is 3. The van der Waals surface area contributed by atoms with E-state index < -0.39 is 0 Å². The van der Waals surface area contributed by atoms with Gasteiger partial charge in [-0.2, -0.15) is 0 Å². The van der Waals surface area contributed by atoms with Crippen LogP contribution in [0.2, 0.25) is 0 Å². The SMILES string of the molecule is c1ccc(-c2ccc(-c3nc(-c4ccccc4)nc(-c4ccc5ccc6ccc7oc8ccccc8c7c6c5c4)n3)cc2)cc1. The van der Waals surface area contributed by atoms with Crippen molar-refractivity contribution in [2.75, 3.05) is 0 Å². The molecular weight excluding hydrogens is 550 g/mol. The third kappa shape index (κ3) is 4.35. The lowest BCUT2D eigenvalue weighted by Crippen LogP contribution is -2.00. The minimum absolute atomic E-state index is 0.633. The Morgan fingerprint density at radius 2 is 0.844 bits per heavy atom. The molecule has 0 amide bonds. The maximum absolute atomic E-state index is 6.26. The van der Waals surface area contributed by atoms with Crippen LogP contribution in [0.5, 0.6) is 0 Å². The highest BCUT2D eigenvalue weighted by atomic mass is 16.3. The van der Waals surface area contributed by atoms with E-state index >= 15 is 0 Å². The van der Waals surface area contributed by atoms with Crippen molar-refractivity contribution in [3.05, 3.63) is 152 Å². The zero-order valence-corrected chi connectivity index (χ0v) is 24.2.